The number of nitrogens with zero attached hydrogens (tertiary/aromatic N) is 6. The zero-order valence-corrected chi connectivity index (χ0v) is 16.6. The molecule has 10 heteroatoms. The molecule has 10 nitrogen and oxygen atoms in total. The number of hydrogen-bond acceptors (Lipinski definition) is 7. The highest BCUT2D eigenvalue weighted by atomic mass is 16.5. The van der Waals surface area contributed by atoms with Gasteiger partial charge < -0.3 is 19.3 Å². The van der Waals surface area contributed by atoms with E-state index in [0.717, 1.165) is 0 Å². The maximum atomic E-state index is 13.5. The van der Waals surface area contributed by atoms with Crippen LogP contribution in [0.3, 0.4) is 0 Å². The number of rotatable bonds is 3. The third-order valence-corrected chi connectivity index (χ3v) is 5.32. The Hall–Kier alpha value is -3.79. The molecule has 0 unspecified atom stereocenters. The van der Waals surface area contributed by atoms with Gasteiger partial charge in [-0.05, 0) is 40.8 Å². The van der Waals surface area contributed by atoms with Gasteiger partial charge in [0.25, 0.3) is 11.8 Å². The minimum absolute atomic E-state index is 0.126. The van der Waals surface area contributed by atoms with E-state index in [2.05, 4.69) is 15.5 Å². The lowest BCUT2D eigenvalue weighted by Gasteiger charge is -2.37. The van der Waals surface area contributed by atoms with Crippen LogP contribution in [0.1, 0.15) is 10.4 Å². The van der Waals surface area contributed by atoms with E-state index in [1.807, 2.05) is 24.3 Å². The van der Waals surface area contributed by atoms with Crippen molar-refractivity contribution >= 4 is 17.5 Å². The molecule has 1 atom stereocenters. The first kappa shape index (κ1) is 19.2. The molecule has 31 heavy (non-hydrogen) atoms. The van der Waals surface area contributed by atoms with Crippen LogP contribution in [0.15, 0.2) is 54.9 Å². The SMILES string of the molecule is O=C([C@H]1CN(C(=O)c2cccc(-n3cnnn3)c2)c2ccccc2O1)N1CCOCC1. The smallest absolute Gasteiger partial charge is 0.265 e. The molecule has 158 valence electrons. The quantitative estimate of drug-likeness (QED) is 0.621. The number of carbonyl (C=O) groups is 2. The predicted octanol–water partition coefficient (Wildman–Crippen LogP) is 0.929. The summed E-state index contributed by atoms with van der Waals surface area (Å²) in [5, 5.41) is 11.1. The van der Waals surface area contributed by atoms with E-state index in [-0.39, 0.29) is 18.4 Å². The molecule has 5 rings (SSSR count). The lowest BCUT2D eigenvalue weighted by atomic mass is 10.1. The highest BCUT2D eigenvalue weighted by Crippen LogP contribution is 2.34. The maximum Gasteiger partial charge on any atom is 0.265 e. The fourth-order valence-corrected chi connectivity index (χ4v) is 3.76. The lowest BCUT2D eigenvalue weighted by Crippen LogP contribution is -2.54. The summed E-state index contributed by atoms with van der Waals surface area (Å²) >= 11 is 0. The molecule has 1 aromatic heterocycles. The third kappa shape index (κ3) is 3.73. The molecule has 2 amide bonds. The van der Waals surface area contributed by atoms with Crippen molar-refractivity contribution in [2.75, 3.05) is 37.7 Å². The Morgan fingerprint density at radius 1 is 1.03 bits per heavy atom. The first-order valence-electron chi connectivity index (χ1n) is 9.98. The van der Waals surface area contributed by atoms with E-state index in [0.29, 0.717) is 49.0 Å². The topological polar surface area (TPSA) is 103 Å². The number of amides is 2. The molecule has 0 N–H and O–H groups in total. The van der Waals surface area contributed by atoms with E-state index in [1.54, 1.807) is 34.1 Å². The molecule has 1 saturated heterocycles. The van der Waals surface area contributed by atoms with E-state index >= 15 is 0 Å². The van der Waals surface area contributed by atoms with Gasteiger partial charge in [-0.15, -0.1) is 5.10 Å². The van der Waals surface area contributed by atoms with Gasteiger partial charge in [-0.1, -0.05) is 18.2 Å². The van der Waals surface area contributed by atoms with Crippen LogP contribution < -0.4 is 9.64 Å². The molecule has 3 heterocycles. The average Bonchev–Trinajstić information content (AvgIpc) is 3.38. The second-order valence-electron chi connectivity index (χ2n) is 7.23. The van der Waals surface area contributed by atoms with E-state index in [1.165, 1.54) is 11.0 Å². The number of aromatic nitrogens is 4. The van der Waals surface area contributed by atoms with Crippen molar-refractivity contribution in [3.8, 4) is 11.4 Å². The number of tetrazole rings is 1. The standard InChI is InChI=1S/C21H20N6O4/c28-20(15-4-3-5-16(12-15)27-14-22-23-24-27)26-13-19(21(29)25-8-10-30-11-9-25)31-18-7-2-1-6-17(18)26/h1-7,12,14,19H,8-11,13H2/t19-/m1/s1. The minimum atomic E-state index is -0.778. The molecule has 0 saturated carbocycles. The Morgan fingerprint density at radius 3 is 2.68 bits per heavy atom. The molecule has 0 bridgehead atoms. The molecule has 2 aromatic carbocycles. The Balaban J connectivity index is 1.45. The van der Waals surface area contributed by atoms with Crippen molar-refractivity contribution in [3.05, 3.63) is 60.4 Å². The first-order valence-corrected chi connectivity index (χ1v) is 9.98. The second kappa shape index (κ2) is 8.15. The molecule has 2 aliphatic rings. The van der Waals surface area contributed by atoms with Crippen molar-refractivity contribution in [1.82, 2.24) is 25.1 Å². The minimum Gasteiger partial charge on any atom is -0.476 e. The van der Waals surface area contributed by atoms with Gasteiger partial charge in [0.15, 0.2) is 6.10 Å². The Morgan fingerprint density at radius 2 is 1.87 bits per heavy atom. The fourth-order valence-electron chi connectivity index (χ4n) is 3.76. The van der Waals surface area contributed by atoms with Gasteiger partial charge in [0.1, 0.15) is 12.1 Å². The summed E-state index contributed by atoms with van der Waals surface area (Å²) in [5.41, 5.74) is 1.76. The summed E-state index contributed by atoms with van der Waals surface area (Å²) in [4.78, 5) is 29.9. The maximum absolute atomic E-state index is 13.5. The summed E-state index contributed by atoms with van der Waals surface area (Å²) < 4.78 is 12.8. The van der Waals surface area contributed by atoms with Gasteiger partial charge in [-0.25, -0.2) is 4.68 Å². The molecule has 1 fully saturated rings. The van der Waals surface area contributed by atoms with Crippen molar-refractivity contribution < 1.29 is 19.1 Å². The van der Waals surface area contributed by atoms with Crippen LogP contribution in [0.25, 0.3) is 5.69 Å². The zero-order valence-electron chi connectivity index (χ0n) is 16.6. The summed E-state index contributed by atoms with van der Waals surface area (Å²) in [5.74, 6) is 0.133. The van der Waals surface area contributed by atoms with Crippen LogP contribution in [0.2, 0.25) is 0 Å². The van der Waals surface area contributed by atoms with Crippen LogP contribution in [-0.4, -0.2) is 75.9 Å². The molecule has 0 radical (unpaired) electrons. The zero-order chi connectivity index (χ0) is 21.2. The monoisotopic (exact) mass is 420 g/mol. The Labute approximate surface area is 178 Å². The highest BCUT2D eigenvalue weighted by Gasteiger charge is 2.36. The number of fused-ring (bicyclic) bond motifs is 1. The summed E-state index contributed by atoms with van der Waals surface area (Å²) in [6.07, 6.45) is 0.685. The van der Waals surface area contributed by atoms with Crippen molar-refractivity contribution in [1.29, 1.82) is 0 Å². The fraction of sp³-hybridized carbons (Fsp3) is 0.286. The molecule has 3 aromatic rings. The average molecular weight is 420 g/mol. The van der Waals surface area contributed by atoms with E-state index in [4.69, 9.17) is 9.47 Å². The first-order chi connectivity index (χ1) is 15.2. The van der Waals surface area contributed by atoms with Crippen LogP contribution in [0.4, 0.5) is 5.69 Å². The molecule has 0 spiro atoms. The van der Waals surface area contributed by atoms with Crippen molar-refractivity contribution in [2.45, 2.75) is 6.10 Å². The lowest BCUT2D eigenvalue weighted by molar-refractivity contribution is -0.142. The summed E-state index contributed by atoms with van der Waals surface area (Å²) in [7, 11) is 0. The van der Waals surface area contributed by atoms with E-state index in [9.17, 15) is 9.59 Å². The Bertz CT molecular complexity index is 1100. The van der Waals surface area contributed by atoms with E-state index < -0.39 is 6.10 Å². The van der Waals surface area contributed by atoms with Gasteiger partial charge in [0.2, 0.25) is 0 Å². The largest absolute Gasteiger partial charge is 0.476 e. The molecule has 0 aliphatic carbocycles. The van der Waals surface area contributed by atoms with Crippen molar-refractivity contribution in [3.63, 3.8) is 0 Å². The number of benzene rings is 2. The van der Waals surface area contributed by atoms with Gasteiger partial charge in [-0.3, -0.25) is 9.59 Å². The van der Waals surface area contributed by atoms with Gasteiger partial charge in [0, 0.05) is 18.7 Å². The van der Waals surface area contributed by atoms with Gasteiger partial charge >= 0.3 is 0 Å². The number of anilines is 1. The summed E-state index contributed by atoms with van der Waals surface area (Å²) in [6, 6.07) is 14.3. The van der Waals surface area contributed by atoms with Crippen LogP contribution in [0, 0.1) is 0 Å². The predicted molar refractivity (Wildman–Crippen MR) is 109 cm³/mol. The number of ether oxygens (including phenoxy) is 2. The number of carbonyl (C=O) groups excluding carboxylic acids is 2. The number of morpholine rings is 1. The van der Waals surface area contributed by atoms with Crippen molar-refractivity contribution in [2.24, 2.45) is 0 Å². The number of para-hydroxylation sites is 2. The molecular weight excluding hydrogens is 400 g/mol. The summed E-state index contributed by atoms with van der Waals surface area (Å²) in [6.45, 7) is 2.16. The van der Waals surface area contributed by atoms with Gasteiger partial charge in [0.05, 0.1) is 31.1 Å². The van der Waals surface area contributed by atoms with Crippen LogP contribution >= 0.6 is 0 Å². The molecule has 2 aliphatic heterocycles. The third-order valence-electron chi connectivity index (χ3n) is 5.32. The van der Waals surface area contributed by atoms with Gasteiger partial charge in [-0.2, -0.15) is 0 Å². The Kier molecular flexibility index (Phi) is 5.04. The molecular formula is C21H20N6O4. The normalized spacial score (nSPS) is 18.3. The van der Waals surface area contributed by atoms with Crippen LogP contribution in [-0.2, 0) is 9.53 Å². The second-order valence-corrected chi connectivity index (χ2v) is 7.23. The number of hydrogen-bond donors (Lipinski definition) is 0. The highest BCUT2D eigenvalue weighted by molar-refractivity contribution is 6.08. The van der Waals surface area contributed by atoms with Crippen LogP contribution in [0.5, 0.6) is 5.75 Å².